The lowest BCUT2D eigenvalue weighted by Gasteiger charge is -2.13. The standard InChI is InChI=1S/C12H12BrN3O/c1-17-12-11(15-5-6-16-12)10(14)8-3-2-4-9(13)7-8/h2-7,10H,14H2,1H3. The van der Waals surface area contributed by atoms with Crippen molar-refractivity contribution in [2.75, 3.05) is 7.11 Å². The summed E-state index contributed by atoms with van der Waals surface area (Å²) in [5.41, 5.74) is 7.75. The first-order chi connectivity index (χ1) is 8.22. The third kappa shape index (κ3) is 2.62. The maximum Gasteiger partial charge on any atom is 0.237 e. The fourth-order valence-corrected chi connectivity index (χ4v) is 1.98. The number of nitrogens with two attached hydrogens (primary N) is 1. The van der Waals surface area contributed by atoms with E-state index in [1.165, 1.54) is 0 Å². The molecule has 1 unspecified atom stereocenters. The van der Waals surface area contributed by atoms with Crippen molar-refractivity contribution >= 4 is 15.9 Å². The highest BCUT2D eigenvalue weighted by Crippen LogP contribution is 2.25. The van der Waals surface area contributed by atoms with E-state index in [1.807, 2.05) is 24.3 Å². The van der Waals surface area contributed by atoms with Gasteiger partial charge < -0.3 is 10.5 Å². The summed E-state index contributed by atoms with van der Waals surface area (Å²) >= 11 is 3.42. The highest BCUT2D eigenvalue weighted by molar-refractivity contribution is 9.10. The van der Waals surface area contributed by atoms with Gasteiger partial charge in [-0.15, -0.1) is 0 Å². The fourth-order valence-electron chi connectivity index (χ4n) is 1.56. The van der Waals surface area contributed by atoms with Crippen LogP contribution in [0.3, 0.4) is 0 Å². The molecule has 0 bridgehead atoms. The lowest BCUT2D eigenvalue weighted by atomic mass is 10.1. The smallest absolute Gasteiger partial charge is 0.237 e. The van der Waals surface area contributed by atoms with Gasteiger partial charge in [-0.05, 0) is 17.7 Å². The van der Waals surface area contributed by atoms with E-state index in [9.17, 15) is 0 Å². The van der Waals surface area contributed by atoms with Gasteiger partial charge in [-0.1, -0.05) is 28.1 Å². The summed E-state index contributed by atoms with van der Waals surface area (Å²) < 4.78 is 6.13. The number of halogens is 1. The average molecular weight is 294 g/mol. The zero-order valence-electron chi connectivity index (χ0n) is 9.30. The minimum Gasteiger partial charge on any atom is -0.480 e. The van der Waals surface area contributed by atoms with E-state index < -0.39 is 0 Å². The molecule has 0 fully saturated rings. The number of rotatable bonds is 3. The second-order valence-electron chi connectivity index (χ2n) is 3.48. The molecule has 2 aromatic rings. The highest BCUT2D eigenvalue weighted by Gasteiger charge is 2.16. The van der Waals surface area contributed by atoms with Gasteiger partial charge in [0.25, 0.3) is 0 Å². The molecule has 1 aromatic heterocycles. The number of nitrogens with zero attached hydrogens (tertiary/aromatic N) is 2. The third-order valence-electron chi connectivity index (χ3n) is 2.39. The molecule has 0 aliphatic rings. The Hall–Kier alpha value is -1.46. The number of aromatic nitrogens is 2. The maximum absolute atomic E-state index is 6.16. The van der Waals surface area contributed by atoms with Gasteiger partial charge in [0.15, 0.2) is 0 Å². The molecule has 0 amide bonds. The van der Waals surface area contributed by atoms with Crippen molar-refractivity contribution in [3.8, 4) is 5.88 Å². The molecule has 0 saturated heterocycles. The molecule has 0 spiro atoms. The van der Waals surface area contributed by atoms with Crippen molar-refractivity contribution in [1.82, 2.24) is 9.97 Å². The summed E-state index contributed by atoms with van der Waals surface area (Å²) in [5, 5.41) is 0. The fraction of sp³-hybridized carbons (Fsp3) is 0.167. The van der Waals surface area contributed by atoms with Crippen molar-refractivity contribution < 1.29 is 4.74 Å². The van der Waals surface area contributed by atoms with E-state index >= 15 is 0 Å². The topological polar surface area (TPSA) is 61.0 Å². The van der Waals surface area contributed by atoms with E-state index in [0.29, 0.717) is 11.6 Å². The molecular formula is C12H12BrN3O. The molecular weight excluding hydrogens is 282 g/mol. The Labute approximate surface area is 108 Å². The SMILES string of the molecule is COc1nccnc1C(N)c1cccc(Br)c1. The molecule has 0 aliphatic heterocycles. The van der Waals surface area contributed by atoms with E-state index in [2.05, 4.69) is 25.9 Å². The van der Waals surface area contributed by atoms with Crippen molar-refractivity contribution in [2.24, 2.45) is 5.73 Å². The summed E-state index contributed by atoms with van der Waals surface area (Å²) in [6, 6.07) is 7.44. The van der Waals surface area contributed by atoms with Crippen LogP contribution in [0.25, 0.3) is 0 Å². The molecule has 0 aliphatic carbocycles. The molecule has 5 heteroatoms. The van der Waals surface area contributed by atoms with Gasteiger partial charge in [-0.2, -0.15) is 0 Å². The van der Waals surface area contributed by atoms with Crippen LogP contribution in [0.2, 0.25) is 0 Å². The molecule has 2 rings (SSSR count). The summed E-state index contributed by atoms with van der Waals surface area (Å²) in [7, 11) is 1.56. The summed E-state index contributed by atoms with van der Waals surface area (Å²) in [6.45, 7) is 0. The van der Waals surface area contributed by atoms with Gasteiger partial charge in [0.2, 0.25) is 5.88 Å². The van der Waals surface area contributed by atoms with Gasteiger partial charge >= 0.3 is 0 Å². The van der Waals surface area contributed by atoms with E-state index in [0.717, 1.165) is 10.0 Å². The van der Waals surface area contributed by atoms with E-state index in [1.54, 1.807) is 19.5 Å². The van der Waals surface area contributed by atoms with Gasteiger partial charge in [0.05, 0.1) is 13.2 Å². The van der Waals surface area contributed by atoms with Crippen LogP contribution in [0.1, 0.15) is 17.3 Å². The van der Waals surface area contributed by atoms with Crippen LogP contribution in [0.5, 0.6) is 5.88 Å². The zero-order chi connectivity index (χ0) is 12.3. The molecule has 2 N–H and O–H groups in total. The molecule has 4 nitrogen and oxygen atoms in total. The normalized spacial score (nSPS) is 12.2. The molecule has 1 aromatic carbocycles. The van der Waals surface area contributed by atoms with Gasteiger partial charge in [0, 0.05) is 16.9 Å². The van der Waals surface area contributed by atoms with Crippen LogP contribution in [-0.2, 0) is 0 Å². The average Bonchev–Trinajstić information content (AvgIpc) is 2.38. The van der Waals surface area contributed by atoms with Gasteiger partial charge in [-0.3, -0.25) is 4.98 Å². The predicted octanol–water partition coefficient (Wildman–Crippen LogP) is 2.30. The first kappa shape index (κ1) is 12.0. The Kier molecular flexibility index (Phi) is 3.71. The second kappa shape index (κ2) is 5.25. The van der Waals surface area contributed by atoms with E-state index in [-0.39, 0.29) is 6.04 Å². The zero-order valence-corrected chi connectivity index (χ0v) is 10.9. The number of ether oxygens (including phenoxy) is 1. The number of benzene rings is 1. The Morgan fingerprint density at radius 1 is 1.29 bits per heavy atom. The van der Waals surface area contributed by atoms with E-state index in [4.69, 9.17) is 10.5 Å². The first-order valence-electron chi connectivity index (χ1n) is 5.08. The number of methoxy groups -OCH3 is 1. The Morgan fingerprint density at radius 3 is 2.76 bits per heavy atom. The van der Waals surface area contributed by atoms with Crippen LogP contribution in [0, 0.1) is 0 Å². The van der Waals surface area contributed by atoms with Gasteiger partial charge in [0.1, 0.15) is 5.69 Å². The quantitative estimate of drug-likeness (QED) is 0.943. The molecule has 0 saturated carbocycles. The predicted molar refractivity (Wildman–Crippen MR) is 68.8 cm³/mol. The monoisotopic (exact) mass is 293 g/mol. The van der Waals surface area contributed by atoms with Crippen LogP contribution in [0.4, 0.5) is 0 Å². The molecule has 0 radical (unpaired) electrons. The first-order valence-corrected chi connectivity index (χ1v) is 5.87. The Morgan fingerprint density at radius 2 is 2.06 bits per heavy atom. The summed E-state index contributed by atoms with van der Waals surface area (Å²) in [5.74, 6) is 0.458. The van der Waals surface area contributed by atoms with Crippen LogP contribution < -0.4 is 10.5 Å². The highest BCUT2D eigenvalue weighted by atomic mass is 79.9. The molecule has 1 atom stereocenters. The number of hydrogen-bond acceptors (Lipinski definition) is 4. The maximum atomic E-state index is 6.16. The minimum atomic E-state index is -0.351. The molecule has 17 heavy (non-hydrogen) atoms. The molecule has 1 heterocycles. The van der Waals surface area contributed by atoms with Gasteiger partial charge in [-0.25, -0.2) is 4.98 Å². The minimum absolute atomic E-state index is 0.351. The lowest BCUT2D eigenvalue weighted by molar-refractivity contribution is 0.387. The van der Waals surface area contributed by atoms with Crippen molar-refractivity contribution in [3.63, 3.8) is 0 Å². The van der Waals surface area contributed by atoms with Crippen LogP contribution in [-0.4, -0.2) is 17.1 Å². The van der Waals surface area contributed by atoms with Crippen molar-refractivity contribution in [1.29, 1.82) is 0 Å². The Bertz CT molecular complexity index is 519. The van der Waals surface area contributed by atoms with Crippen molar-refractivity contribution in [3.05, 3.63) is 52.4 Å². The van der Waals surface area contributed by atoms with Crippen LogP contribution in [0.15, 0.2) is 41.1 Å². The summed E-state index contributed by atoms with van der Waals surface area (Å²) in [4.78, 5) is 8.32. The number of hydrogen-bond donors (Lipinski definition) is 1. The molecule has 88 valence electrons. The second-order valence-corrected chi connectivity index (χ2v) is 4.40. The Balaban J connectivity index is 2.40. The van der Waals surface area contributed by atoms with Crippen LogP contribution >= 0.6 is 15.9 Å². The largest absolute Gasteiger partial charge is 0.480 e. The lowest BCUT2D eigenvalue weighted by Crippen LogP contribution is -2.15. The third-order valence-corrected chi connectivity index (χ3v) is 2.88. The summed E-state index contributed by atoms with van der Waals surface area (Å²) in [6.07, 6.45) is 3.19. The van der Waals surface area contributed by atoms with Crippen molar-refractivity contribution in [2.45, 2.75) is 6.04 Å².